The Morgan fingerprint density at radius 3 is 2.23 bits per heavy atom. The first-order valence-corrected chi connectivity index (χ1v) is 10.5. The van der Waals surface area contributed by atoms with Crippen LogP contribution in [-0.2, 0) is 27.1 Å². The molecular weight excluding hydrogens is 400 g/mol. The van der Waals surface area contributed by atoms with Gasteiger partial charge in [0.2, 0.25) is 0 Å². The molecule has 0 aliphatic heterocycles. The lowest BCUT2D eigenvalue weighted by Gasteiger charge is -2.22. The van der Waals surface area contributed by atoms with E-state index in [0.717, 1.165) is 47.3 Å². The number of aliphatic hydroxyl groups excluding tert-OH is 2. The van der Waals surface area contributed by atoms with E-state index in [0.29, 0.717) is 12.4 Å². The zero-order chi connectivity index (χ0) is 22.5. The van der Waals surface area contributed by atoms with Crippen molar-refractivity contribution in [2.24, 2.45) is 0 Å². The first-order valence-electron chi connectivity index (χ1n) is 10.5. The van der Waals surface area contributed by atoms with Gasteiger partial charge in [0.05, 0.1) is 13.2 Å². The highest BCUT2D eigenvalue weighted by Crippen LogP contribution is 2.41. The Bertz CT molecular complexity index is 764. The predicted octanol–water partition coefficient (Wildman–Crippen LogP) is 3.18. The van der Waals surface area contributed by atoms with Crippen LogP contribution in [0, 0.1) is 0 Å². The van der Waals surface area contributed by atoms with Crippen LogP contribution in [0.5, 0.6) is 11.5 Å². The van der Waals surface area contributed by atoms with Gasteiger partial charge < -0.3 is 33.9 Å². The van der Waals surface area contributed by atoms with Crippen molar-refractivity contribution in [2.45, 2.75) is 32.3 Å². The van der Waals surface area contributed by atoms with E-state index in [1.807, 2.05) is 24.3 Å². The Kier molecular flexibility index (Phi) is 11.3. The Balaban J connectivity index is 2.42. The van der Waals surface area contributed by atoms with Crippen molar-refractivity contribution in [3.05, 3.63) is 47.5 Å². The molecule has 0 spiro atoms. The highest BCUT2D eigenvalue weighted by molar-refractivity contribution is 5.77. The summed E-state index contributed by atoms with van der Waals surface area (Å²) in [6.45, 7) is 2.63. The van der Waals surface area contributed by atoms with Crippen LogP contribution in [0.15, 0.2) is 36.4 Å². The Morgan fingerprint density at radius 1 is 0.935 bits per heavy atom. The molecule has 2 aromatic rings. The average Bonchev–Trinajstić information content (AvgIpc) is 2.81. The van der Waals surface area contributed by atoms with Gasteiger partial charge in [-0.25, -0.2) is 0 Å². The van der Waals surface area contributed by atoms with Crippen molar-refractivity contribution in [3.8, 4) is 22.6 Å². The van der Waals surface area contributed by atoms with Gasteiger partial charge in [0.25, 0.3) is 0 Å². The highest BCUT2D eigenvalue weighted by Gasteiger charge is 2.20. The Hall–Kier alpha value is -2.16. The summed E-state index contributed by atoms with van der Waals surface area (Å²) < 4.78 is 27.6. The number of hydrogen-bond donors (Lipinski definition) is 2. The number of rotatable bonds is 15. The quantitative estimate of drug-likeness (QED) is 0.329. The summed E-state index contributed by atoms with van der Waals surface area (Å²) >= 11 is 0. The summed E-state index contributed by atoms with van der Waals surface area (Å²) in [5, 5.41) is 18.4. The average molecular weight is 435 g/mol. The monoisotopic (exact) mass is 434 g/mol. The number of ether oxygens (including phenoxy) is 5. The fourth-order valence-corrected chi connectivity index (χ4v) is 3.42. The first-order chi connectivity index (χ1) is 15.2. The van der Waals surface area contributed by atoms with Crippen LogP contribution in [0.3, 0.4) is 0 Å². The molecule has 7 heteroatoms. The van der Waals surface area contributed by atoms with Gasteiger partial charge in [0.1, 0.15) is 17.6 Å². The van der Waals surface area contributed by atoms with Gasteiger partial charge in [-0.3, -0.25) is 0 Å². The van der Waals surface area contributed by atoms with Gasteiger partial charge in [-0.15, -0.1) is 0 Å². The number of aliphatic hydroxyl groups is 2. The largest absolute Gasteiger partial charge is 0.467 e. The third-order valence-corrected chi connectivity index (χ3v) is 4.79. The molecule has 0 aliphatic rings. The number of hydrogen-bond acceptors (Lipinski definition) is 7. The molecule has 1 atom stereocenters. The van der Waals surface area contributed by atoms with Crippen LogP contribution in [-0.4, -0.2) is 63.9 Å². The Labute approximate surface area is 184 Å². The van der Waals surface area contributed by atoms with Crippen molar-refractivity contribution in [1.82, 2.24) is 0 Å². The van der Waals surface area contributed by atoms with E-state index in [4.69, 9.17) is 28.8 Å². The number of benzene rings is 2. The van der Waals surface area contributed by atoms with Crippen LogP contribution in [0.1, 0.15) is 24.5 Å². The standard InChI is InChI=1S/C24H34O7/c1-4-20-21(11-8-12-29-15-19(26)14-25)24(18-9-6-5-7-10-18)23(31-17-28-3)13-22(20)30-16-27-2/h5-7,9-10,13,19,25-26H,4,8,11-12,14-17H2,1-3H3. The first kappa shape index (κ1) is 25.1. The number of methoxy groups -OCH3 is 2. The summed E-state index contributed by atoms with van der Waals surface area (Å²) in [5.41, 5.74) is 4.28. The van der Waals surface area contributed by atoms with Gasteiger partial charge in [-0.2, -0.15) is 0 Å². The lowest BCUT2D eigenvalue weighted by molar-refractivity contribution is 0.00573. The molecule has 0 saturated carbocycles. The fraction of sp³-hybridized carbons (Fsp3) is 0.500. The zero-order valence-corrected chi connectivity index (χ0v) is 18.6. The topological polar surface area (TPSA) is 86.6 Å². The van der Waals surface area contributed by atoms with Gasteiger partial charge >= 0.3 is 0 Å². The molecule has 0 radical (unpaired) electrons. The maximum atomic E-state index is 9.46. The molecule has 0 fully saturated rings. The third kappa shape index (κ3) is 7.48. The summed E-state index contributed by atoms with van der Waals surface area (Å²) in [5.74, 6) is 1.41. The second-order valence-electron chi connectivity index (χ2n) is 7.04. The molecule has 7 nitrogen and oxygen atoms in total. The van der Waals surface area contributed by atoms with E-state index in [-0.39, 0.29) is 26.8 Å². The van der Waals surface area contributed by atoms with Crippen LogP contribution >= 0.6 is 0 Å². The van der Waals surface area contributed by atoms with E-state index in [1.165, 1.54) is 0 Å². The minimum atomic E-state index is -0.856. The van der Waals surface area contributed by atoms with Crippen molar-refractivity contribution < 1.29 is 33.9 Å². The maximum absolute atomic E-state index is 9.46. The van der Waals surface area contributed by atoms with Crippen LogP contribution in [0.4, 0.5) is 0 Å². The molecule has 0 saturated heterocycles. The van der Waals surface area contributed by atoms with Gasteiger partial charge in [-0.05, 0) is 36.0 Å². The molecule has 0 aromatic heterocycles. The normalized spacial score (nSPS) is 12.0. The molecule has 0 heterocycles. The predicted molar refractivity (Wildman–Crippen MR) is 118 cm³/mol. The molecule has 1 unspecified atom stereocenters. The van der Waals surface area contributed by atoms with Crippen LogP contribution in [0.2, 0.25) is 0 Å². The second-order valence-corrected chi connectivity index (χ2v) is 7.04. The fourth-order valence-electron chi connectivity index (χ4n) is 3.42. The van der Waals surface area contributed by atoms with Crippen LogP contribution < -0.4 is 9.47 Å². The van der Waals surface area contributed by atoms with E-state index in [1.54, 1.807) is 14.2 Å². The minimum Gasteiger partial charge on any atom is -0.467 e. The highest BCUT2D eigenvalue weighted by atomic mass is 16.7. The summed E-state index contributed by atoms with van der Waals surface area (Å²) in [6.07, 6.45) is 1.40. The second kappa shape index (κ2) is 14.0. The summed E-state index contributed by atoms with van der Waals surface area (Å²) in [4.78, 5) is 0. The molecule has 2 aromatic carbocycles. The molecule has 2 rings (SSSR count). The maximum Gasteiger partial charge on any atom is 0.188 e. The van der Waals surface area contributed by atoms with Crippen molar-refractivity contribution in [1.29, 1.82) is 0 Å². The van der Waals surface area contributed by atoms with E-state index >= 15 is 0 Å². The molecule has 172 valence electrons. The van der Waals surface area contributed by atoms with Gasteiger partial charge in [0, 0.05) is 32.5 Å². The summed E-state index contributed by atoms with van der Waals surface area (Å²) in [6, 6.07) is 12.0. The molecule has 2 N–H and O–H groups in total. The molecule has 0 aliphatic carbocycles. The molecule has 31 heavy (non-hydrogen) atoms. The Morgan fingerprint density at radius 2 is 1.61 bits per heavy atom. The van der Waals surface area contributed by atoms with Crippen molar-refractivity contribution >= 4 is 0 Å². The third-order valence-electron chi connectivity index (χ3n) is 4.79. The molecule has 0 bridgehead atoms. The molecular formula is C24H34O7. The smallest absolute Gasteiger partial charge is 0.188 e. The molecule has 0 amide bonds. The van der Waals surface area contributed by atoms with Crippen molar-refractivity contribution in [2.75, 3.05) is 47.6 Å². The van der Waals surface area contributed by atoms with E-state index in [9.17, 15) is 5.11 Å². The van der Waals surface area contributed by atoms with Crippen LogP contribution in [0.25, 0.3) is 11.1 Å². The zero-order valence-electron chi connectivity index (χ0n) is 18.6. The minimum absolute atomic E-state index is 0.113. The SMILES string of the molecule is CCc1c(OCOC)cc(OCOC)c(-c2ccccc2)c1CCCOCC(O)CO. The van der Waals surface area contributed by atoms with Gasteiger partial charge in [-0.1, -0.05) is 37.3 Å². The van der Waals surface area contributed by atoms with Crippen molar-refractivity contribution in [3.63, 3.8) is 0 Å². The summed E-state index contributed by atoms with van der Waals surface area (Å²) in [7, 11) is 3.18. The van der Waals surface area contributed by atoms with E-state index in [2.05, 4.69) is 19.1 Å². The van der Waals surface area contributed by atoms with Gasteiger partial charge in [0.15, 0.2) is 13.6 Å². The van der Waals surface area contributed by atoms with E-state index < -0.39 is 6.10 Å². The lowest BCUT2D eigenvalue weighted by atomic mass is 9.89. The lowest BCUT2D eigenvalue weighted by Crippen LogP contribution is -2.19.